The van der Waals surface area contributed by atoms with E-state index in [-0.39, 0.29) is 12.0 Å². The Hall–Kier alpha value is -1.36. The highest BCUT2D eigenvalue weighted by molar-refractivity contribution is 5.94. The lowest BCUT2D eigenvalue weighted by atomic mass is 10.1. The fourth-order valence-electron chi connectivity index (χ4n) is 2.39. The third kappa shape index (κ3) is 2.85. The molecule has 1 fully saturated rings. The van der Waals surface area contributed by atoms with Gasteiger partial charge in [-0.05, 0) is 32.1 Å². The zero-order valence-electron chi connectivity index (χ0n) is 10.3. The monoisotopic (exact) mass is 237 g/mol. The van der Waals surface area contributed by atoms with Crippen LogP contribution in [0.5, 0.6) is 0 Å². The van der Waals surface area contributed by atoms with Gasteiger partial charge in [0.25, 0.3) is 5.91 Å². The number of nitrogens with zero attached hydrogens (tertiary/aromatic N) is 2. The Bertz CT molecular complexity index is 414. The minimum atomic E-state index is -0.183. The molecule has 17 heavy (non-hydrogen) atoms. The van der Waals surface area contributed by atoms with Crippen molar-refractivity contribution in [1.82, 2.24) is 15.1 Å². The second-order valence-electron chi connectivity index (χ2n) is 4.84. The molecule has 2 unspecified atom stereocenters. The number of aliphatic hydroxyl groups excluding tert-OH is 1. The van der Waals surface area contributed by atoms with Gasteiger partial charge in [0.2, 0.25) is 0 Å². The number of hydrogen-bond acceptors (Lipinski definition) is 3. The fourth-order valence-corrected chi connectivity index (χ4v) is 2.39. The lowest BCUT2D eigenvalue weighted by Crippen LogP contribution is -2.28. The molecule has 5 heteroatoms. The SMILES string of the molecule is Cc1nn(C)cc1C(=O)NCC1CCC(O)C1. The van der Waals surface area contributed by atoms with Crippen LogP contribution in [0.2, 0.25) is 0 Å². The van der Waals surface area contributed by atoms with Crippen LogP contribution in [-0.4, -0.2) is 33.4 Å². The highest BCUT2D eigenvalue weighted by Gasteiger charge is 2.23. The van der Waals surface area contributed by atoms with Crippen molar-refractivity contribution >= 4 is 5.91 Å². The number of aryl methyl sites for hydroxylation is 2. The second kappa shape index (κ2) is 4.87. The van der Waals surface area contributed by atoms with Crippen LogP contribution in [0.15, 0.2) is 6.20 Å². The lowest BCUT2D eigenvalue weighted by Gasteiger charge is -2.10. The van der Waals surface area contributed by atoms with Gasteiger partial charge in [-0.1, -0.05) is 0 Å². The standard InChI is InChI=1S/C12H19N3O2/c1-8-11(7-15(2)14-8)12(17)13-6-9-3-4-10(16)5-9/h7,9-10,16H,3-6H2,1-2H3,(H,13,17). The zero-order valence-corrected chi connectivity index (χ0v) is 10.3. The normalized spacial score (nSPS) is 23.9. The number of carbonyl (C=O) groups excluding carboxylic acids is 1. The van der Waals surface area contributed by atoms with Crippen molar-refractivity contribution in [1.29, 1.82) is 0 Å². The lowest BCUT2D eigenvalue weighted by molar-refractivity contribution is 0.0944. The van der Waals surface area contributed by atoms with Crippen LogP contribution in [0.1, 0.15) is 35.3 Å². The van der Waals surface area contributed by atoms with E-state index in [0.717, 1.165) is 25.0 Å². The van der Waals surface area contributed by atoms with Crippen molar-refractivity contribution in [3.05, 3.63) is 17.5 Å². The first-order valence-corrected chi connectivity index (χ1v) is 6.02. The van der Waals surface area contributed by atoms with Gasteiger partial charge < -0.3 is 10.4 Å². The highest BCUT2D eigenvalue weighted by Crippen LogP contribution is 2.24. The summed E-state index contributed by atoms with van der Waals surface area (Å²) in [5.74, 6) is 0.336. The van der Waals surface area contributed by atoms with E-state index >= 15 is 0 Å². The van der Waals surface area contributed by atoms with Gasteiger partial charge in [-0.2, -0.15) is 5.10 Å². The first-order valence-electron chi connectivity index (χ1n) is 6.02. The zero-order chi connectivity index (χ0) is 12.4. The quantitative estimate of drug-likeness (QED) is 0.810. The molecule has 1 aliphatic carbocycles. The van der Waals surface area contributed by atoms with Crippen LogP contribution in [0.25, 0.3) is 0 Å². The average molecular weight is 237 g/mol. The van der Waals surface area contributed by atoms with Crippen molar-refractivity contribution in [3.63, 3.8) is 0 Å². The minimum Gasteiger partial charge on any atom is -0.393 e. The maximum atomic E-state index is 11.9. The molecule has 2 rings (SSSR count). The Labute approximate surface area is 101 Å². The summed E-state index contributed by atoms with van der Waals surface area (Å²) in [6.07, 6.45) is 4.19. The molecule has 0 bridgehead atoms. The van der Waals surface area contributed by atoms with E-state index < -0.39 is 0 Å². The van der Waals surface area contributed by atoms with E-state index in [1.165, 1.54) is 0 Å². The summed E-state index contributed by atoms with van der Waals surface area (Å²) in [4.78, 5) is 11.9. The van der Waals surface area contributed by atoms with E-state index in [1.807, 2.05) is 6.92 Å². The number of carbonyl (C=O) groups is 1. The van der Waals surface area contributed by atoms with Crippen molar-refractivity contribution < 1.29 is 9.90 Å². The molecule has 1 aromatic heterocycles. The number of aliphatic hydroxyl groups is 1. The van der Waals surface area contributed by atoms with Gasteiger partial charge in [0, 0.05) is 19.8 Å². The summed E-state index contributed by atoms with van der Waals surface area (Å²) in [6.45, 7) is 2.47. The van der Waals surface area contributed by atoms with Crippen LogP contribution in [0.4, 0.5) is 0 Å². The number of nitrogens with one attached hydrogen (secondary N) is 1. The van der Waals surface area contributed by atoms with Gasteiger partial charge in [0.1, 0.15) is 0 Å². The molecule has 1 aromatic rings. The predicted molar refractivity (Wildman–Crippen MR) is 63.6 cm³/mol. The predicted octanol–water partition coefficient (Wildman–Crippen LogP) is 0.619. The molecule has 2 N–H and O–H groups in total. The molecule has 0 saturated heterocycles. The summed E-state index contributed by atoms with van der Waals surface area (Å²) in [6, 6.07) is 0. The highest BCUT2D eigenvalue weighted by atomic mass is 16.3. The third-order valence-corrected chi connectivity index (χ3v) is 3.32. The molecule has 2 atom stereocenters. The maximum absolute atomic E-state index is 11.9. The first-order chi connectivity index (χ1) is 8.06. The summed E-state index contributed by atoms with van der Waals surface area (Å²) < 4.78 is 1.64. The number of amides is 1. The van der Waals surface area contributed by atoms with Crippen LogP contribution in [0, 0.1) is 12.8 Å². The fraction of sp³-hybridized carbons (Fsp3) is 0.667. The minimum absolute atomic E-state index is 0.0722. The van der Waals surface area contributed by atoms with E-state index in [9.17, 15) is 9.90 Å². The molecule has 1 aliphatic rings. The second-order valence-corrected chi connectivity index (χ2v) is 4.84. The Balaban J connectivity index is 1.87. The molecule has 1 saturated carbocycles. The number of rotatable bonds is 3. The van der Waals surface area contributed by atoms with Crippen LogP contribution in [0.3, 0.4) is 0 Å². The molecule has 5 nitrogen and oxygen atoms in total. The molecule has 0 radical (unpaired) electrons. The Morgan fingerprint density at radius 2 is 2.41 bits per heavy atom. The van der Waals surface area contributed by atoms with Gasteiger partial charge in [-0.15, -0.1) is 0 Å². The van der Waals surface area contributed by atoms with E-state index in [2.05, 4.69) is 10.4 Å². The van der Waals surface area contributed by atoms with Crippen LogP contribution < -0.4 is 5.32 Å². The number of aromatic nitrogens is 2. The largest absolute Gasteiger partial charge is 0.393 e. The van der Waals surface area contributed by atoms with E-state index in [1.54, 1.807) is 17.9 Å². The van der Waals surface area contributed by atoms with Crippen molar-refractivity contribution in [2.45, 2.75) is 32.3 Å². The molecular formula is C12H19N3O2. The maximum Gasteiger partial charge on any atom is 0.254 e. The van der Waals surface area contributed by atoms with Crippen LogP contribution in [-0.2, 0) is 7.05 Å². The van der Waals surface area contributed by atoms with Gasteiger partial charge in [-0.25, -0.2) is 0 Å². The van der Waals surface area contributed by atoms with Crippen molar-refractivity contribution in [3.8, 4) is 0 Å². The summed E-state index contributed by atoms with van der Waals surface area (Å²) in [7, 11) is 1.80. The molecule has 0 spiro atoms. The number of hydrogen-bond donors (Lipinski definition) is 2. The summed E-state index contributed by atoms with van der Waals surface area (Å²) in [5, 5.41) is 16.5. The Morgan fingerprint density at radius 3 is 2.94 bits per heavy atom. The molecule has 1 amide bonds. The van der Waals surface area contributed by atoms with Gasteiger partial charge >= 0.3 is 0 Å². The topological polar surface area (TPSA) is 67.2 Å². The Morgan fingerprint density at radius 1 is 1.65 bits per heavy atom. The van der Waals surface area contributed by atoms with Gasteiger partial charge in [0.15, 0.2) is 0 Å². The molecule has 0 aromatic carbocycles. The van der Waals surface area contributed by atoms with Gasteiger partial charge in [-0.3, -0.25) is 9.48 Å². The first kappa shape index (κ1) is 12.1. The van der Waals surface area contributed by atoms with Crippen molar-refractivity contribution in [2.75, 3.05) is 6.54 Å². The average Bonchev–Trinajstić information content (AvgIpc) is 2.81. The molecule has 94 valence electrons. The molecule has 1 heterocycles. The van der Waals surface area contributed by atoms with E-state index in [4.69, 9.17) is 0 Å². The van der Waals surface area contributed by atoms with Crippen LogP contribution >= 0.6 is 0 Å². The van der Waals surface area contributed by atoms with Crippen molar-refractivity contribution in [2.24, 2.45) is 13.0 Å². The Kier molecular flexibility index (Phi) is 3.47. The summed E-state index contributed by atoms with van der Waals surface area (Å²) in [5.41, 5.74) is 1.38. The molecular weight excluding hydrogens is 218 g/mol. The molecule has 0 aliphatic heterocycles. The smallest absolute Gasteiger partial charge is 0.254 e. The van der Waals surface area contributed by atoms with E-state index in [0.29, 0.717) is 18.0 Å². The summed E-state index contributed by atoms with van der Waals surface area (Å²) >= 11 is 0. The van der Waals surface area contributed by atoms with Gasteiger partial charge in [0.05, 0.1) is 17.4 Å². The third-order valence-electron chi connectivity index (χ3n) is 3.32.